The number of hydrogen-bond donors (Lipinski definition) is 0. The predicted molar refractivity (Wildman–Crippen MR) is 56.1 cm³/mol. The number of hydrogen-bond acceptors (Lipinski definition) is 2. The van der Waals surface area contributed by atoms with E-state index in [1.807, 2.05) is 6.92 Å². The lowest BCUT2D eigenvalue weighted by Gasteiger charge is -2.01. The number of carbonyl (C=O) groups is 1. The van der Waals surface area contributed by atoms with E-state index < -0.39 is 0 Å². The number of halogens is 1. The second kappa shape index (κ2) is 5.29. The van der Waals surface area contributed by atoms with Gasteiger partial charge in [0, 0.05) is 11.1 Å². The van der Waals surface area contributed by atoms with Crippen LogP contribution in [0.15, 0.2) is 36.1 Å². The normalized spacial score (nSPS) is 11.3. The average Bonchev–Trinajstić information content (AvgIpc) is 2.26. The molecule has 0 amide bonds. The fourth-order valence-corrected chi connectivity index (χ4v) is 1.09. The molecular formula is C12H13FO2. The molecule has 1 aromatic rings. The largest absolute Gasteiger partial charge is 0.501 e. The Bertz CT molecular complexity index is 366. The van der Waals surface area contributed by atoms with E-state index in [0.717, 1.165) is 0 Å². The smallest absolute Gasteiger partial charge is 0.191 e. The number of ether oxygens (including phenoxy) is 1. The van der Waals surface area contributed by atoms with E-state index in [9.17, 15) is 9.18 Å². The first-order chi connectivity index (χ1) is 7.15. The third-order valence-corrected chi connectivity index (χ3v) is 1.89. The van der Waals surface area contributed by atoms with Crippen LogP contribution in [-0.4, -0.2) is 12.4 Å². The summed E-state index contributed by atoms with van der Waals surface area (Å²) < 4.78 is 17.6. The van der Waals surface area contributed by atoms with Crippen LogP contribution in [0.3, 0.4) is 0 Å². The van der Waals surface area contributed by atoms with Gasteiger partial charge in [0.25, 0.3) is 0 Å². The van der Waals surface area contributed by atoms with Crippen molar-refractivity contribution in [3.63, 3.8) is 0 Å². The molecule has 0 saturated carbocycles. The summed E-state index contributed by atoms with van der Waals surface area (Å²) in [7, 11) is 0. The molecule has 0 aromatic heterocycles. The van der Waals surface area contributed by atoms with Gasteiger partial charge in [0.05, 0.1) is 12.9 Å². The molecule has 1 rings (SSSR count). The molecule has 15 heavy (non-hydrogen) atoms. The molecule has 0 aliphatic carbocycles. The molecule has 3 heteroatoms. The van der Waals surface area contributed by atoms with E-state index in [1.165, 1.54) is 30.5 Å². The van der Waals surface area contributed by atoms with Gasteiger partial charge in [-0.05, 0) is 38.1 Å². The van der Waals surface area contributed by atoms with Crippen molar-refractivity contribution in [3.8, 4) is 0 Å². The van der Waals surface area contributed by atoms with Crippen molar-refractivity contribution in [1.29, 1.82) is 0 Å². The molecule has 0 bridgehead atoms. The molecule has 0 N–H and O–H groups in total. The first-order valence-corrected chi connectivity index (χ1v) is 4.73. The number of allylic oxidation sites excluding steroid dienone is 1. The fraction of sp³-hybridized carbons (Fsp3) is 0.250. The van der Waals surface area contributed by atoms with Gasteiger partial charge in [-0.15, -0.1) is 0 Å². The highest BCUT2D eigenvalue weighted by Crippen LogP contribution is 2.09. The Morgan fingerprint density at radius 2 is 2.00 bits per heavy atom. The summed E-state index contributed by atoms with van der Waals surface area (Å²) in [4.78, 5) is 11.7. The Morgan fingerprint density at radius 1 is 1.40 bits per heavy atom. The second-order valence-electron chi connectivity index (χ2n) is 3.09. The first-order valence-electron chi connectivity index (χ1n) is 4.73. The van der Waals surface area contributed by atoms with Gasteiger partial charge in [-0.1, -0.05) is 0 Å². The summed E-state index contributed by atoms with van der Waals surface area (Å²) in [6.07, 6.45) is 1.42. The highest BCUT2D eigenvalue weighted by atomic mass is 19.1. The SMILES string of the molecule is CCO/C=C(/C)C(=O)c1ccc(F)cc1. The van der Waals surface area contributed by atoms with Gasteiger partial charge in [0.15, 0.2) is 5.78 Å². The van der Waals surface area contributed by atoms with Crippen molar-refractivity contribution in [2.24, 2.45) is 0 Å². The highest BCUT2D eigenvalue weighted by Gasteiger charge is 2.07. The molecule has 0 atom stereocenters. The molecule has 2 nitrogen and oxygen atoms in total. The van der Waals surface area contributed by atoms with Crippen LogP contribution < -0.4 is 0 Å². The van der Waals surface area contributed by atoms with Gasteiger partial charge in [-0.3, -0.25) is 4.79 Å². The van der Waals surface area contributed by atoms with E-state index >= 15 is 0 Å². The van der Waals surface area contributed by atoms with Crippen LogP contribution in [0, 0.1) is 5.82 Å². The van der Waals surface area contributed by atoms with Crippen molar-refractivity contribution in [1.82, 2.24) is 0 Å². The molecule has 80 valence electrons. The van der Waals surface area contributed by atoms with Crippen LogP contribution in [0.4, 0.5) is 4.39 Å². The maximum atomic E-state index is 12.6. The number of benzene rings is 1. The lowest BCUT2D eigenvalue weighted by atomic mass is 10.1. The van der Waals surface area contributed by atoms with Crippen molar-refractivity contribution in [2.75, 3.05) is 6.61 Å². The van der Waals surface area contributed by atoms with Crippen LogP contribution in [0.5, 0.6) is 0 Å². The maximum absolute atomic E-state index is 12.6. The monoisotopic (exact) mass is 208 g/mol. The lowest BCUT2D eigenvalue weighted by molar-refractivity contribution is 0.102. The predicted octanol–water partition coefficient (Wildman–Crippen LogP) is 2.95. The molecule has 0 saturated heterocycles. The number of ketones is 1. The van der Waals surface area contributed by atoms with Gasteiger partial charge in [-0.25, -0.2) is 4.39 Å². The van der Waals surface area contributed by atoms with E-state index in [4.69, 9.17) is 4.74 Å². The van der Waals surface area contributed by atoms with Gasteiger partial charge in [0.1, 0.15) is 5.82 Å². The maximum Gasteiger partial charge on any atom is 0.191 e. The third-order valence-electron chi connectivity index (χ3n) is 1.89. The third kappa shape index (κ3) is 3.20. The zero-order valence-corrected chi connectivity index (χ0v) is 8.79. The van der Waals surface area contributed by atoms with Gasteiger partial charge in [0.2, 0.25) is 0 Å². The van der Waals surface area contributed by atoms with Crippen LogP contribution in [0.25, 0.3) is 0 Å². The highest BCUT2D eigenvalue weighted by molar-refractivity contribution is 6.08. The second-order valence-corrected chi connectivity index (χ2v) is 3.09. The quantitative estimate of drug-likeness (QED) is 0.432. The Balaban J connectivity index is 2.80. The minimum absolute atomic E-state index is 0.150. The first kappa shape index (κ1) is 11.4. The number of carbonyl (C=O) groups excluding carboxylic acids is 1. The van der Waals surface area contributed by atoms with Crippen molar-refractivity contribution in [2.45, 2.75) is 13.8 Å². The molecule has 0 fully saturated rings. The van der Waals surface area contributed by atoms with E-state index in [0.29, 0.717) is 17.7 Å². The molecule has 0 unspecified atom stereocenters. The van der Waals surface area contributed by atoms with E-state index in [-0.39, 0.29) is 11.6 Å². The average molecular weight is 208 g/mol. The van der Waals surface area contributed by atoms with Gasteiger partial charge >= 0.3 is 0 Å². The van der Waals surface area contributed by atoms with Crippen LogP contribution in [0.1, 0.15) is 24.2 Å². The standard InChI is InChI=1S/C12H13FO2/c1-3-15-8-9(2)12(14)10-4-6-11(13)7-5-10/h4-8H,3H2,1-2H3/b9-8-. The summed E-state index contributed by atoms with van der Waals surface area (Å²) in [6.45, 7) is 4.03. The topological polar surface area (TPSA) is 26.3 Å². The summed E-state index contributed by atoms with van der Waals surface area (Å²) >= 11 is 0. The molecule has 0 heterocycles. The molecule has 0 aliphatic heterocycles. The summed E-state index contributed by atoms with van der Waals surface area (Å²) in [6, 6.07) is 5.45. The Labute approximate surface area is 88.4 Å². The zero-order chi connectivity index (χ0) is 11.3. The minimum atomic E-state index is -0.349. The van der Waals surface area contributed by atoms with Gasteiger partial charge < -0.3 is 4.74 Å². The molecule has 1 aromatic carbocycles. The van der Waals surface area contributed by atoms with Crippen LogP contribution in [0.2, 0.25) is 0 Å². The number of rotatable bonds is 4. The summed E-state index contributed by atoms with van der Waals surface area (Å²) in [5.41, 5.74) is 0.966. The van der Waals surface area contributed by atoms with Crippen LogP contribution >= 0.6 is 0 Å². The Kier molecular flexibility index (Phi) is 4.03. The van der Waals surface area contributed by atoms with Gasteiger partial charge in [-0.2, -0.15) is 0 Å². The Morgan fingerprint density at radius 3 is 2.53 bits per heavy atom. The van der Waals surface area contributed by atoms with Crippen molar-refractivity contribution < 1.29 is 13.9 Å². The fourth-order valence-electron chi connectivity index (χ4n) is 1.09. The lowest BCUT2D eigenvalue weighted by Crippen LogP contribution is -2.01. The van der Waals surface area contributed by atoms with E-state index in [2.05, 4.69) is 0 Å². The van der Waals surface area contributed by atoms with Crippen molar-refractivity contribution >= 4 is 5.78 Å². The van der Waals surface area contributed by atoms with E-state index in [1.54, 1.807) is 6.92 Å². The molecular weight excluding hydrogens is 195 g/mol. The van der Waals surface area contributed by atoms with Crippen LogP contribution in [-0.2, 0) is 4.74 Å². The zero-order valence-electron chi connectivity index (χ0n) is 8.79. The number of Topliss-reactive ketones (excluding diaryl/α,β-unsaturated/α-hetero) is 1. The molecule has 0 radical (unpaired) electrons. The summed E-state index contributed by atoms with van der Waals surface area (Å²) in [5.74, 6) is -0.499. The summed E-state index contributed by atoms with van der Waals surface area (Å²) in [5, 5.41) is 0. The minimum Gasteiger partial charge on any atom is -0.501 e. The molecule has 0 spiro atoms. The molecule has 0 aliphatic rings. The van der Waals surface area contributed by atoms with Crippen molar-refractivity contribution in [3.05, 3.63) is 47.5 Å². The Hall–Kier alpha value is -1.64.